The highest BCUT2D eigenvalue weighted by Crippen LogP contribution is 2.19. The predicted octanol–water partition coefficient (Wildman–Crippen LogP) is 2.29. The molecule has 0 aliphatic rings. The number of benzene rings is 1. The third kappa shape index (κ3) is 2.37. The predicted molar refractivity (Wildman–Crippen MR) is 74.2 cm³/mol. The molecule has 3 rings (SSSR count). The number of aromatic nitrogens is 4. The molecule has 7 nitrogen and oxygen atoms in total. The molecule has 2 heterocycles. The lowest BCUT2D eigenvalue weighted by Crippen LogP contribution is -2.05. The van der Waals surface area contributed by atoms with E-state index in [1.807, 2.05) is 26.0 Å². The molecule has 3 aromatic rings. The van der Waals surface area contributed by atoms with E-state index in [2.05, 4.69) is 15.2 Å². The summed E-state index contributed by atoms with van der Waals surface area (Å²) in [5, 5.41) is 17.8. The van der Waals surface area contributed by atoms with Crippen molar-refractivity contribution in [3.05, 3.63) is 41.7 Å². The van der Waals surface area contributed by atoms with Crippen LogP contribution < -0.4 is 0 Å². The van der Waals surface area contributed by atoms with E-state index in [9.17, 15) is 9.90 Å². The molecule has 0 fully saturated rings. The lowest BCUT2D eigenvalue weighted by Gasteiger charge is -1.98. The van der Waals surface area contributed by atoms with Crippen LogP contribution in [0, 0.1) is 0 Å². The number of aromatic carboxylic acids is 1. The molecule has 21 heavy (non-hydrogen) atoms. The number of rotatable bonds is 4. The van der Waals surface area contributed by atoms with Crippen molar-refractivity contribution in [2.45, 2.75) is 26.3 Å². The normalized spacial score (nSPS) is 11.4. The van der Waals surface area contributed by atoms with Gasteiger partial charge in [0.25, 0.3) is 0 Å². The summed E-state index contributed by atoms with van der Waals surface area (Å²) in [6.07, 6.45) is 0. The van der Waals surface area contributed by atoms with Crippen LogP contribution in [0.5, 0.6) is 0 Å². The first-order valence-electron chi connectivity index (χ1n) is 6.57. The van der Waals surface area contributed by atoms with Crippen molar-refractivity contribution in [2.24, 2.45) is 0 Å². The average Bonchev–Trinajstić information content (AvgIpc) is 3.05. The maximum Gasteiger partial charge on any atom is 0.357 e. The van der Waals surface area contributed by atoms with Gasteiger partial charge in [-0.05, 0) is 6.07 Å². The molecule has 108 valence electrons. The molecule has 0 saturated heterocycles. The van der Waals surface area contributed by atoms with Crippen molar-refractivity contribution in [3.8, 4) is 0 Å². The van der Waals surface area contributed by atoms with Crippen LogP contribution in [0.25, 0.3) is 10.9 Å². The summed E-state index contributed by atoms with van der Waals surface area (Å²) in [4.78, 5) is 15.5. The van der Waals surface area contributed by atoms with Crippen LogP contribution in [0.2, 0.25) is 0 Å². The van der Waals surface area contributed by atoms with Crippen LogP contribution >= 0.6 is 0 Å². The first-order chi connectivity index (χ1) is 10.1. The smallest absolute Gasteiger partial charge is 0.357 e. The van der Waals surface area contributed by atoms with Crippen molar-refractivity contribution in [1.29, 1.82) is 0 Å². The van der Waals surface area contributed by atoms with E-state index in [4.69, 9.17) is 4.52 Å². The van der Waals surface area contributed by atoms with Gasteiger partial charge in [0.05, 0.1) is 5.52 Å². The first kappa shape index (κ1) is 13.3. The Labute approximate surface area is 120 Å². The Morgan fingerprint density at radius 3 is 2.81 bits per heavy atom. The minimum Gasteiger partial charge on any atom is -0.476 e. The molecule has 0 bridgehead atoms. The van der Waals surface area contributed by atoms with E-state index in [1.165, 1.54) is 0 Å². The lowest BCUT2D eigenvalue weighted by molar-refractivity contribution is 0.0691. The van der Waals surface area contributed by atoms with Crippen LogP contribution in [0.15, 0.2) is 28.8 Å². The minimum atomic E-state index is -1.06. The molecule has 0 unspecified atom stereocenters. The van der Waals surface area contributed by atoms with Gasteiger partial charge in [-0.25, -0.2) is 4.79 Å². The van der Waals surface area contributed by atoms with Gasteiger partial charge in [0.15, 0.2) is 11.5 Å². The molecule has 0 aliphatic carbocycles. The SMILES string of the molecule is CC(C)c1noc(Cn2nc(C(=O)O)c3ccccc32)n1. The zero-order chi connectivity index (χ0) is 15.0. The average molecular weight is 286 g/mol. The summed E-state index contributed by atoms with van der Waals surface area (Å²) < 4.78 is 6.75. The molecule has 7 heteroatoms. The van der Waals surface area contributed by atoms with Gasteiger partial charge in [0.2, 0.25) is 5.89 Å². The number of nitrogens with zero attached hydrogens (tertiary/aromatic N) is 4. The fraction of sp³-hybridized carbons (Fsp3) is 0.286. The largest absolute Gasteiger partial charge is 0.476 e. The molecule has 0 atom stereocenters. The Bertz CT molecular complexity index is 804. The summed E-state index contributed by atoms with van der Waals surface area (Å²) >= 11 is 0. The Kier molecular flexibility index (Phi) is 3.17. The van der Waals surface area contributed by atoms with Gasteiger partial charge >= 0.3 is 5.97 Å². The Balaban J connectivity index is 2.02. The highest BCUT2D eigenvalue weighted by atomic mass is 16.5. The number of fused-ring (bicyclic) bond motifs is 1. The van der Waals surface area contributed by atoms with Crippen LogP contribution in [0.3, 0.4) is 0 Å². The summed E-state index contributed by atoms with van der Waals surface area (Å²) in [5.74, 6) is 0.147. The molecule has 2 aromatic heterocycles. The number of hydrogen-bond donors (Lipinski definition) is 1. The minimum absolute atomic E-state index is 0.0224. The molecule has 1 aromatic carbocycles. The van der Waals surface area contributed by atoms with Crippen molar-refractivity contribution in [2.75, 3.05) is 0 Å². The van der Waals surface area contributed by atoms with Crippen LogP contribution in [-0.2, 0) is 6.54 Å². The molecule has 0 radical (unpaired) electrons. The first-order valence-corrected chi connectivity index (χ1v) is 6.57. The van der Waals surface area contributed by atoms with E-state index in [-0.39, 0.29) is 18.2 Å². The maximum atomic E-state index is 11.2. The van der Waals surface area contributed by atoms with Gasteiger partial charge < -0.3 is 9.63 Å². The summed E-state index contributed by atoms with van der Waals surface area (Å²) in [6.45, 7) is 4.19. The monoisotopic (exact) mass is 286 g/mol. The van der Waals surface area contributed by atoms with Gasteiger partial charge in [-0.2, -0.15) is 10.1 Å². The van der Waals surface area contributed by atoms with E-state index in [0.717, 1.165) is 5.52 Å². The number of carboxylic acids is 1. The number of carbonyl (C=O) groups is 1. The number of hydrogen-bond acceptors (Lipinski definition) is 5. The second-order valence-electron chi connectivity index (χ2n) is 5.03. The Morgan fingerprint density at radius 2 is 2.14 bits per heavy atom. The zero-order valence-electron chi connectivity index (χ0n) is 11.6. The lowest BCUT2D eigenvalue weighted by atomic mass is 10.2. The van der Waals surface area contributed by atoms with Gasteiger partial charge in [-0.1, -0.05) is 37.2 Å². The van der Waals surface area contributed by atoms with Gasteiger partial charge in [-0.15, -0.1) is 0 Å². The van der Waals surface area contributed by atoms with Crippen LogP contribution in [0.4, 0.5) is 0 Å². The zero-order valence-corrected chi connectivity index (χ0v) is 11.6. The fourth-order valence-corrected chi connectivity index (χ4v) is 2.10. The third-order valence-corrected chi connectivity index (χ3v) is 3.15. The molecule has 0 saturated carbocycles. The Hall–Kier alpha value is -2.70. The highest BCUT2D eigenvalue weighted by Gasteiger charge is 2.18. The summed E-state index contributed by atoms with van der Waals surface area (Å²) in [7, 11) is 0. The molecular weight excluding hydrogens is 272 g/mol. The third-order valence-electron chi connectivity index (χ3n) is 3.15. The van der Waals surface area contributed by atoms with Gasteiger partial charge in [0.1, 0.15) is 6.54 Å². The van der Waals surface area contributed by atoms with E-state index in [0.29, 0.717) is 17.1 Å². The second-order valence-corrected chi connectivity index (χ2v) is 5.03. The maximum absolute atomic E-state index is 11.2. The summed E-state index contributed by atoms with van der Waals surface area (Å²) in [5.41, 5.74) is 0.744. The Morgan fingerprint density at radius 1 is 1.38 bits per heavy atom. The van der Waals surface area contributed by atoms with E-state index < -0.39 is 5.97 Å². The van der Waals surface area contributed by atoms with Gasteiger partial charge in [0, 0.05) is 11.3 Å². The van der Waals surface area contributed by atoms with E-state index >= 15 is 0 Å². The summed E-state index contributed by atoms with van der Waals surface area (Å²) in [6, 6.07) is 7.16. The number of carboxylic acid groups (broad SMARTS) is 1. The highest BCUT2D eigenvalue weighted by molar-refractivity contribution is 6.01. The van der Waals surface area contributed by atoms with Gasteiger partial charge in [-0.3, -0.25) is 4.68 Å². The molecular formula is C14H14N4O3. The molecule has 0 amide bonds. The second kappa shape index (κ2) is 5.01. The quantitative estimate of drug-likeness (QED) is 0.790. The van der Waals surface area contributed by atoms with Crippen molar-refractivity contribution in [1.82, 2.24) is 19.9 Å². The van der Waals surface area contributed by atoms with E-state index in [1.54, 1.807) is 16.8 Å². The van der Waals surface area contributed by atoms with Crippen molar-refractivity contribution < 1.29 is 14.4 Å². The molecule has 0 aliphatic heterocycles. The van der Waals surface area contributed by atoms with Crippen LogP contribution in [-0.4, -0.2) is 31.0 Å². The van der Waals surface area contributed by atoms with Crippen LogP contribution in [0.1, 0.15) is 42.0 Å². The van der Waals surface area contributed by atoms with Crippen molar-refractivity contribution >= 4 is 16.9 Å². The molecule has 1 N–H and O–H groups in total. The molecule has 0 spiro atoms. The standard InChI is InChI=1S/C14H14N4O3/c1-8(2)13-15-11(21-17-13)7-18-10-6-4-3-5-9(10)12(16-18)14(19)20/h3-6,8H,7H2,1-2H3,(H,19,20). The fourth-order valence-electron chi connectivity index (χ4n) is 2.10. The number of para-hydroxylation sites is 1. The topological polar surface area (TPSA) is 94.0 Å². The van der Waals surface area contributed by atoms with Crippen molar-refractivity contribution in [3.63, 3.8) is 0 Å².